The standard InChI is InChI=1S/C27H26N2O5/c1-3-15-34-22-12-8-20(9-13-22)25(30)23-24(19-6-10-21(33-2)11-7-19)29(27(32)26(23)31)17-18-5-4-14-28-16-18/h4-14,16,24,30H,3,15,17H2,1-2H3/b25-23+/t24-/m0/s1. The Morgan fingerprint density at radius 2 is 1.74 bits per heavy atom. The average Bonchev–Trinajstić information content (AvgIpc) is 3.13. The van der Waals surface area contributed by atoms with E-state index in [-0.39, 0.29) is 17.9 Å². The van der Waals surface area contributed by atoms with Crippen molar-refractivity contribution in [3.8, 4) is 11.5 Å². The predicted octanol–water partition coefficient (Wildman–Crippen LogP) is 4.50. The normalized spacial score (nSPS) is 17.1. The molecule has 1 atom stereocenters. The largest absolute Gasteiger partial charge is 0.507 e. The van der Waals surface area contributed by atoms with E-state index in [1.54, 1.807) is 74.1 Å². The van der Waals surface area contributed by atoms with Crippen LogP contribution in [0.25, 0.3) is 5.76 Å². The molecule has 7 heteroatoms. The van der Waals surface area contributed by atoms with Gasteiger partial charge in [-0.2, -0.15) is 0 Å². The number of benzene rings is 2. The second-order valence-electron chi connectivity index (χ2n) is 7.93. The number of ketones is 1. The van der Waals surface area contributed by atoms with E-state index in [1.165, 1.54) is 4.90 Å². The Morgan fingerprint density at radius 1 is 1.03 bits per heavy atom. The van der Waals surface area contributed by atoms with Crippen molar-refractivity contribution < 1.29 is 24.2 Å². The smallest absolute Gasteiger partial charge is 0.295 e. The summed E-state index contributed by atoms with van der Waals surface area (Å²) in [5.74, 6) is -0.310. The number of hydrogen-bond acceptors (Lipinski definition) is 6. The Kier molecular flexibility index (Phi) is 6.92. The molecule has 3 aromatic rings. The lowest BCUT2D eigenvalue weighted by Crippen LogP contribution is -2.29. The Bertz CT molecular complexity index is 1190. The van der Waals surface area contributed by atoms with Gasteiger partial charge in [0, 0.05) is 24.5 Å². The molecule has 1 aliphatic heterocycles. The van der Waals surface area contributed by atoms with Gasteiger partial charge in [0.1, 0.15) is 17.3 Å². The van der Waals surface area contributed by atoms with Crippen LogP contribution in [0.5, 0.6) is 11.5 Å². The lowest BCUT2D eigenvalue weighted by atomic mass is 9.95. The zero-order valence-corrected chi connectivity index (χ0v) is 19.1. The van der Waals surface area contributed by atoms with E-state index in [0.29, 0.717) is 29.2 Å². The minimum absolute atomic E-state index is 0.0429. The fraction of sp³-hybridized carbons (Fsp3) is 0.222. The summed E-state index contributed by atoms with van der Waals surface area (Å²) < 4.78 is 10.9. The number of aliphatic hydroxyl groups excluding tert-OH is 1. The molecule has 1 aromatic heterocycles. The molecule has 0 bridgehead atoms. The van der Waals surface area contributed by atoms with Crippen LogP contribution in [0.1, 0.15) is 36.1 Å². The molecule has 1 fully saturated rings. The molecular weight excluding hydrogens is 432 g/mol. The van der Waals surface area contributed by atoms with Crippen LogP contribution in [0, 0.1) is 0 Å². The van der Waals surface area contributed by atoms with Gasteiger partial charge in [0.25, 0.3) is 11.7 Å². The van der Waals surface area contributed by atoms with Gasteiger partial charge >= 0.3 is 0 Å². The molecule has 0 spiro atoms. The number of rotatable bonds is 8. The van der Waals surface area contributed by atoms with Crippen LogP contribution >= 0.6 is 0 Å². The van der Waals surface area contributed by atoms with Crippen LogP contribution < -0.4 is 9.47 Å². The summed E-state index contributed by atoms with van der Waals surface area (Å²) in [6.07, 6.45) is 4.18. The molecule has 1 aliphatic rings. The van der Waals surface area contributed by atoms with Gasteiger partial charge in [-0.05, 0) is 60.0 Å². The maximum Gasteiger partial charge on any atom is 0.295 e. The van der Waals surface area contributed by atoms with E-state index in [1.807, 2.05) is 13.0 Å². The number of Topliss-reactive ketones (excluding diaryl/α,β-unsaturated/α-hetero) is 1. The van der Waals surface area contributed by atoms with Gasteiger partial charge in [0.15, 0.2) is 0 Å². The number of aromatic nitrogens is 1. The maximum absolute atomic E-state index is 13.2. The molecule has 1 saturated heterocycles. The van der Waals surface area contributed by atoms with Crippen molar-refractivity contribution in [1.82, 2.24) is 9.88 Å². The number of ether oxygens (including phenoxy) is 2. The summed E-state index contributed by atoms with van der Waals surface area (Å²) in [5, 5.41) is 11.2. The number of carbonyl (C=O) groups excluding carboxylic acids is 2. The van der Waals surface area contributed by atoms with Crippen LogP contribution in [-0.2, 0) is 16.1 Å². The molecule has 7 nitrogen and oxygen atoms in total. The highest BCUT2D eigenvalue weighted by Gasteiger charge is 2.46. The first-order valence-corrected chi connectivity index (χ1v) is 11.1. The summed E-state index contributed by atoms with van der Waals surface area (Å²) in [6.45, 7) is 2.78. The molecule has 4 rings (SSSR count). The van der Waals surface area contributed by atoms with Crippen LogP contribution in [0.2, 0.25) is 0 Å². The third-order valence-corrected chi connectivity index (χ3v) is 5.65. The van der Waals surface area contributed by atoms with E-state index >= 15 is 0 Å². The second kappa shape index (κ2) is 10.2. The van der Waals surface area contributed by atoms with Crippen LogP contribution in [-0.4, -0.2) is 40.4 Å². The summed E-state index contributed by atoms with van der Waals surface area (Å²) in [6, 6.07) is 16.8. The molecule has 1 amide bonds. The minimum atomic E-state index is -0.762. The molecule has 0 unspecified atom stereocenters. The van der Waals surface area contributed by atoms with Gasteiger partial charge < -0.3 is 19.5 Å². The van der Waals surface area contributed by atoms with Crippen molar-refractivity contribution in [3.63, 3.8) is 0 Å². The Hall–Kier alpha value is -4.13. The Morgan fingerprint density at radius 3 is 2.35 bits per heavy atom. The van der Waals surface area contributed by atoms with Gasteiger partial charge in [0.2, 0.25) is 0 Å². The lowest BCUT2D eigenvalue weighted by molar-refractivity contribution is -0.140. The highest BCUT2D eigenvalue weighted by Crippen LogP contribution is 2.40. The van der Waals surface area contributed by atoms with Crippen LogP contribution in [0.4, 0.5) is 0 Å². The summed E-state index contributed by atoms with van der Waals surface area (Å²) >= 11 is 0. The van der Waals surface area contributed by atoms with Crippen molar-refractivity contribution in [2.75, 3.05) is 13.7 Å². The van der Waals surface area contributed by atoms with Gasteiger partial charge in [-0.25, -0.2) is 0 Å². The molecule has 2 heterocycles. The first-order valence-electron chi connectivity index (χ1n) is 11.1. The van der Waals surface area contributed by atoms with Crippen LogP contribution in [0.3, 0.4) is 0 Å². The first-order chi connectivity index (χ1) is 16.5. The molecule has 0 saturated carbocycles. The fourth-order valence-corrected chi connectivity index (χ4v) is 3.95. The molecule has 1 N–H and O–H groups in total. The SMILES string of the molecule is CCCOc1ccc(/C(O)=C2\C(=O)C(=O)N(Cc3cccnc3)[C@H]2c2ccc(OC)cc2)cc1. The monoisotopic (exact) mass is 458 g/mol. The van der Waals surface area contributed by atoms with E-state index in [4.69, 9.17) is 9.47 Å². The molecule has 174 valence electrons. The zero-order chi connectivity index (χ0) is 24.1. The lowest BCUT2D eigenvalue weighted by Gasteiger charge is -2.25. The van der Waals surface area contributed by atoms with E-state index < -0.39 is 17.7 Å². The number of pyridine rings is 1. The Balaban J connectivity index is 1.78. The number of methoxy groups -OCH3 is 1. The van der Waals surface area contributed by atoms with Crippen molar-refractivity contribution in [2.24, 2.45) is 0 Å². The number of carbonyl (C=O) groups is 2. The maximum atomic E-state index is 13.2. The third kappa shape index (κ3) is 4.64. The van der Waals surface area contributed by atoms with Gasteiger partial charge in [-0.15, -0.1) is 0 Å². The molecular formula is C27H26N2O5. The first kappa shape index (κ1) is 23.0. The minimum Gasteiger partial charge on any atom is -0.507 e. The van der Waals surface area contributed by atoms with Gasteiger partial charge in [0.05, 0.1) is 25.3 Å². The summed E-state index contributed by atoms with van der Waals surface area (Å²) in [5.41, 5.74) is 1.94. The zero-order valence-electron chi connectivity index (χ0n) is 19.1. The van der Waals surface area contributed by atoms with Crippen molar-refractivity contribution in [2.45, 2.75) is 25.9 Å². The number of likely N-dealkylation sites (tertiary alicyclic amines) is 1. The summed E-state index contributed by atoms with van der Waals surface area (Å²) in [4.78, 5) is 31.8. The van der Waals surface area contributed by atoms with Gasteiger partial charge in [-0.3, -0.25) is 14.6 Å². The second-order valence-corrected chi connectivity index (χ2v) is 7.93. The third-order valence-electron chi connectivity index (χ3n) is 5.65. The highest BCUT2D eigenvalue weighted by molar-refractivity contribution is 6.46. The number of nitrogens with zero attached hydrogens (tertiary/aromatic N) is 2. The molecule has 2 aromatic carbocycles. The predicted molar refractivity (Wildman–Crippen MR) is 127 cm³/mol. The van der Waals surface area contributed by atoms with Crippen molar-refractivity contribution >= 4 is 17.4 Å². The quantitative estimate of drug-likeness (QED) is 0.304. The number of amides is 1. The number of hydrogen-bond donors (Lipinski definition) is 1. The van der Waals surface area contributed by atoms with E-state index in [0.717, 1.165) is 12.0 Å². The fourth-order valence-electron chi connectivity index (χ4n) is 3.95. The number of aliphatic hydroxyl groups is 1. The summed E-state index contributed by atoms with van der Waals surface area (Å²) in [7, 11) is 1.57. The van der Waals surface area contributed by atoms with Gasteiger partial charge in [-0.1, -0.05) is 25.1 Å². The average molecular weight is 459 g/mol. The highest BCUT2D eigenvalue weighted by atomic mass is 16.5. The van der Waals surface area contributed by atoms with E-state index in [2.05, 4.69) is 4.98 Å². The van der Waals surface area contributed by atoms with E-state index in [9.17, 15) is 14.7 Å². The molecule has 34 heavy (non-hydrogen) atoms. The van der Waals surface area contributed by atoms with Crippen molar-refractivity contribution in [1.29, 1.82) is 0 Å². The molecule has 0 aliphatic carbocycles. The topological polar surface area (TPSA) is 89.0 Å². The molecule has 0 radical (unpaired) electrons. The Labute approximate surface area is 198 Å². The van der Waals surface area contributed by atoms with Crippen LogP contribution in [0.15, 0.2) is 78.6 Å². The van der Waals surface area contributed by atoms with Crippen molar-refractivity contribution in [3.05, 3.63) is 95.3 Å².